The fourth-order valence-electron chi connectivity index (χ4n) is 0.938. The van der Waals surface area contributed by atoms with E-state index in [1.807, 2.05) is 0 Å². The summed E-state index contributed by atoms with van der Waals surface area (Å²) in [6, 6.07) is 0. The van der Waals surface area contributed by atoms with Crippen LogP contribution in [0.3, 0.4) is 0 Å². The van der Waals surface area contributed by atoms with Gasteiger partial charge in [-0.05, 0) is 19.3 Å². The van der Waals surface area contributed by atoms with Gasteiger partial charge in [-0.1, -0.05) is 25.1 Å². The third-order valence-corrected chi connectivity index (χ3v) is 3.08. The molecule has 1 aliphatic rings. The summed E-state index contributed by atoms with van der Waals surface area (Å²) in [5.41, 5.74) is 0. The third kappa shape index (κ3) is 2.33. The third-order valence-electron chi connectivity index (χ3n) is 1.80. The van der Waals surface area contributed by atoms with Gasteiger partial charge in [-0.3, -0.25) is 4.79 Å². The van der Waals surface area contributed by atoms with E-state index in [1.165, 1.54) is 19.3 Å². The first-order valence-electron chi connectivity index (χ1n) is 4.02. The monoisotopic (exact) mass is 158 g/mol. The van der Waals surface area contributed by atoms with Gasteiger partial charge in [-0.25, -0.2) is 0 Å². The molecule has 0 bridgehead atoms. The predicted molar refractivity (Wildman–Crippen MR) is 45.1 cm³/mol. The minimum atomic E-state index is 0.396. The van der Waals surface area contributed by atoms with Crippen molar-refractivity contribution < 1.29 is 4.79 Å². The lowest BCUT2D eigenvalue weighted by Crippen LogP contribution is -2.15. The van der Waals surface area contributed by atoms with Crippen LogP contribution in [0.4, 0.5) is 0 Å². The van der Waals surface area contributed by atoms with E-state index in [0.29, 0.717) is 10.4 Å². The van der Waals surface area contributed by atoms with E-state index in [1.54, 1.807) is 11.8 Å². The Balaban J connectivity index is 2.05. The van der Waals surface area contributed by atoms with Crippen LogP contribution in [-0.4, -0.2) is 10.4 Å². The number of hydrogen-bond donors (Lipinski definition) is 0. The Hall–Kier alpha value is 0.0200. The number of hydrogen-bond acceptors (Lipinski definition) is 2. The van der Waals surface area contributed by atoms with Crippen LogP contribution in [0.15, 0.2) is 0 Å². The maximum atomic E-state index is 11.0. The van der Waals surface area contributed by atoms with Gasteiger partial charge in [0.05, 0.1) is 0 Å². The van der Waals surface area contributed by atoms with Crippen LogP contribution in [0, 0.1) is 0 Å². The summed E-state index contributed by atoms with van der Waals surface area (Å²) in [5.74, 6) is 0. The molecule has 0 spiro atoms. The van der Waals surface area contributed by atoms with Gasteiger partial charge in [0.15, 0.2) is 5.12 Å². The van der Waals surface area contributed by atoms with Crippen molar-refractivity contribution in [2.75, 3.05) is 0 Å². The SMILES string of the molecule is CCCC(=O)SC1CCC1. The van der Waals surface area contributed by atoms with Crippen molar-refractivity contribution >= 4 is 16.9 Å². The Morgan fingerprint density at radius 2 is 2.30 bits per heavy atom. The van der Waals surface area contributed by atoms with E-state index in [0.717, 1.165) is 12.8 Å². The molecule has 0 aromatic rings. The summed E-state index contributed by atoms with van der Waals surface area (Å²) >= 11 is 1.57. The molecule has 0 saturated heterocycles. The van der Waals surface area contributed by atoms with Crippen LogP contribution in [0.2, 0.25) is 0 Å². The molecule has 1 rings (SSSR count). The zero-order valence-corrected chi connectivity index (χ0v) is 7.25. The van der Waals surface area contributed by atoms with E-state index in [-0.39, 0.29) is 0 Å². The first-order valence-corrected chi connectivity index (χ1v) is 4.90. The fourth-order valence-corrected chi connectivity index (χ4v) is 2.20. The molecule has 0 aromatic heterocycles. The molecule has 0 radical (unpaired) electrons. The maximum Gasteiger partial charge on any atom is 0.189 e. The van der Waals surface area contributed by atoms with Crippen LogP contribution in [0.5, 0.6) is 0 Å². The summed E-state index contributed by atoms with van der Waals surface area (Å²) in [6.45, 7) is 2.05. The number of rotatable bonds is 3. The normalized spacial score (nSPS) is 18.5. The molecule has 1 fully saturated rings. The lowest BCUT2D eigenvalue weighted by molar-refractivity contribution is -0.111. The van der Waals surface area contributed by atoms with Crippen molar-refractivity contribution in [2.45, 2.75) is 44.3 Å². The minimum absolute atomic E-state index is 0.396. The fraction of sp³-hybridized carbons (Fsp3) is 0.875. The molecular formula is C8H14OS. The summed E-state index contributed by atoms with van der Waals surface area (Å²) in [6.07, 6.45) is 5.62. The van der Waals surface area contributed by atoms with Crippen molar-refractivity contribution in [3.05, 3.63) is 0 Å². The molecule has 2 heteroatoms. The zero-order valence-electron chi connectivity index (χ0n) is 6.43. The van der Waals surface area contributed by atoms with Gasteiger partial charge in [-0.15, -0.1) is 0 Å². The molecule has 0 atom stereocenters. The Labute approximate surface area is 66.6 Å². The van der Waals surface area contributed by atoms with Gasteiger partial charge in [-0.2, -0.15) is 0 Å². The molecule has 1 nitrogen and oxygen atoms in total. The number of carbonyl (C=O) groups is 1. The second-order valence-electron chi connectivity index (χ2n) is 2.79. The van der Waals surface area contributed by atoms with Gasteiger partial charge in [0.1, 0.15) is 0 Å². The molecule has 0 amide bonds. The average Bonchev–Trinajstić information content (AvgIpc) is 1.80. The van der Waals surface area contributed by atoms with Crippen molar-refractivity contribution in [3.63, 3.8) is 0 Å². The van der Waals surface area contributed by atoms with Crippen molar-refractivity contribution in [2.24, 2.45) is 0 Å². The van der Waals surface area contributed by atoms with Crippen molar-refractivity contribution in [1.82, 2.24) is 0 Å². The van der Waals surface area contributed by atoms with E-state index in [2.05, 4.69) is 6.92 Å². The maximum absolute atomic E-state index is 11.0. The molecule has 0 aromatic carbocycles. The van der Waals surface area contributed by atoms with Gasteiger partial charge in [0, 0.05) is 11.7 Å². The van der Waals surface area contributed by atoms with Gasteiger partial charge >= 0.3 is 0 Å². The average molecular weight is 158 g/mol. The van der Waals surface area contributed by atoms with Crippen LogP contribution < -0.4 is 0 Å². The minimum Gasteiger partial charge on any atom is -0.287 e. The molecule has 0 aliphatic heterocycles. The Morgan fingerprint density at radius 1 is 1.60 bits per heavy atom. The van der Waals surface area contributed by atoms with E-state index >= 15 is 0 Å². The smallest absolute Gasteiger partial charge is 0.189 e. The Bertz CT molecular complexity index is 118. The molecule has 0 N–H and O–H groups in total. The molecule has 0 unspecified atom stereocenters. The van der Waals surface area contributed by atoms with E-state index in [4.69, 9.17) is 0 Å². The molecule has 10 heavy (non-hydrogen) atoms. The lowest BCUT2D eigenvalue weighted by atomic mass is 10.0. The summed E-state index contributed by atoms with van der Waals surface area (Å²) in [4.78, 5) is 11.0. The second-order valence-corrected chi connectivity index (χ2v) is 4.15. The van der Waals surface area contributed by atoms with Gasteiger partial charge < -0.3 is 0 Å². The standard InChI is InChI=1S/C8H14OS/c1-2-4-8(9)10-7-5-3-6-7/h7H,2-6H2,1H3. The van der Waals surface area contributed by atoms with Crippen LogP contribution in [0.1, 0.15) is 39.0 Å². The summed E-state index contributed by atoms with van der Waals surface area (Å²) < 4.78 is 0. The van der Waals surface area contributed by atoms with Crippen molar-refractivity contribution in [3.8, 4) is 0 Å². The van der Waals surface area contributed by atoms with Crippen LogP contribution in [0.25, 0.3) is 0 Å². The molecule has 0 heterocycles. The first kappa shape index (κ1) is 8.12. The van der Waals surface area contributed by atoms with E-state index < -0.39 is 0 Å². The first-order chi connectivity index (χ1) is 4.83. The highest BCUT2D eigenvalue weighted by Crippen LogP contribution is 2.32. The van der Waals surface area contributed by atoms with E-state index in [9.17, 15) is 4.79 Å². The highest BCUT2D eigenvalue weighted by molar-refractivity contribution is 8.14. The topological polar surface area (TPSA) is 17.1 Å². The summed E-state index contributed by atoms with van der Waals surface area (Å²) in [5, 5.41) is 1.08. The zero-order chi connectivity index (χ0) is 7.40. The molecule has 58 valence electrons. The van der Waals surface area contributed by atoms with Crippen LogP contribution >= 0.6 is 11.8 Å². The predicted octanol–water partition coefficient (Wildman–Crippen LogP) is 2.60. The molecule has 1 saturated carbocycles. The summed E-state index contributed by atoms with van der Waals surface area (Å²) in [7, 11) is 0. The molecule has 1 aliphatic carbocycles. The van der Waals surface area contributed by atoms with Gasteiger partial charge in [0.2, 0.25) is 0 Å². The molecular weight excluding hydrogens is 144 g/mol. The quantitative estimate of drug-likeness (QED) is 0.628. The lowest BCUT2D eigenvalue weighted by Gasteiger charge is -2.23. The second kappa shape index (κ2) is 4.02. The number of thioether (sulfide) groups is 1. The Kier molecular flexibility index (Phi) is 3.26. The Morgan fingerprint density at radius 3 is 2.70 bits per heavy atom. The largest absolute Gasteiger partial charge is 0.287 e. The van der Waals surface area contributed by atoms with Crippen molar-refractivity contribution in [1.29, 1.82) is 0 Å². The highest BCUT2D eigenvalue weighted by Gasteiger charge is 2.20. The van der Waals surface area contributed by atoms with Gasteiger partial charge in [0.25, 0.3) is 0 Å². The number of carbonyl (C=O) groups excluding carboxylic acids is 1. The van der Waals surface area contributed by atoms with Crippen LogP contribution in [-0.2, 0) is 4.79 Å². The highest BCUT2D eigenvalue weighted by atomic mass is 32.2.